The minimum atomic E-state index is -0.729. The molecule has 1 spiro atoms. The molecule has 9 aromatic carbocycles. The second-order valence-electron chi connectivity index (χ2n) is 18.7. The molecule has 13 aromatic rings. The first-order valence-corrected chi connectivity index (χ1v) is 24.1. The van der Waals surface area contributed by atoms with Crippen LogP contribution in [0.3, 0.4) is 0 Å². The Morgan fingerprint density at radius 1 is 0.352 bits per heavy atom. The van der Waals surface area contributed by atoms with Crippen LogP contribution < -0.4 is 0 Å². The predicted molar refractivity (Wildman–Crippen MR) is 288 cm³/mol. The first-order chi connectivity index (χ1) is 35.2. The van der Waals surface area contributed by atoms with Crippen molar-refractivity contribution < 1.29 is 0 Å². The lowest BCUT2D eigenvalue weighted by Gasteiger charge is -2.32. The van der Waals surface area contributed by atoms with Crippen LogP contribution in [0.15, 0.2) is 237 Å². The fourth-order valence-corrected chi connectivity index (χ4v) is 12.4. The van der Waals surface area contributed by atoms with E-state index in [4.69, 9.17) is 9.97 Å². The molecular weight excluding hydrogens is 863 g/mol. The van der Waals surface area contributed by atoms with Gasteiger partial charge in [-0.2, -0.15) is 5.26 Å². The maximum atomic E-state index is 11.6. The van der Waals surface area contributed by atoms with E-state index in [2.05, 4.69) is 240 Å². The van der Waals surface area contributed by atoms with Crippen molar-refractivity contribution in [1.82, 2.24) is 19.1 Å². The number of benzene rings is 9. The van der Waals surface area contributed by atoms with Gasteiger partial charge in [-0.1, -0.05) is 164 Å². The van der Waals surface area contributed by atoms with Gasteiger partial charge in [-0.25, -0.2) is 0 Å². The minimum absolute atomic E-state index is 0.570. The van der Waals surface area contributed by atoms with Crippen LogP contribution in [0, 0.1) is 11.3 Å². The van der Waals surface area contributed by atoms with E-state index >= 15 is 0 Å². The molecule has 0 unspecified atom stereocenters. The molecule has 5 nitrogen and oxygen atoms in total. The number of fused-ring (bicyclic) bond motifs is 16. The number of nitrogens with zero attached hydrogens (tertiary/aromatic N) is 5. The highest BCUT2D eigenvalue weighted by atomic mass is 15.0. The van der Waals surface area contributed by atoms with Gasteiger partial charge >= 0.3 is 0 Å². The standard InChI is InChI=1S/C66H39N5/c67-40-45-38-62(71-58-29-12-9-22-48(58)52-37-44(31-33-60(52)71)42-18-5-2-6-19-42)53(39-61(45)70-57-28-11-8-21-47(57)51-36-43(30-32-59(51)70)41-16-3-1-4-17-41)50-24-13-23-49-46-20-7-10-25-54(46)66(63(49)50)55-26-14-34-68-64(55)65-56(66)27-15-35-69-65/h1-39H. The molecule has 0 N–H and O–H groups in total. The largest absolute Gasteiger partial charge is 0.309 e. The summed E-state index contributed by atoms with van der Waals surface area (Å²) >= 11 is 0. The van der Waals surface area contributed by atoms with Crippen LogP contribution in [0.25, 0.3) is 111 Å². The highest BCUT2D eigenvalue weighted by molar-refractivity contribution is 6.13. The topological polar surface area (TPSA) is 59.4 Å². The normalized spacial score (nSPS) is 12.9. The van der Waals surface area contributed by atoms with E-state index in [-0.39, 0.29) is 0 Å². The Morgan fingerprint density at radius 3 is 1.42 bits per heavy atom. The van der Waals surface area contributed by atoms with Gasteiger partial charge in [0.25, 0.3) is 0 Å². The van der Waals surface area contributed by atoms with Crippen LogP contribution >= 0.6 is 0 Å². The van der Waals surface area contributed by atoms with Crippen LogP contribution in [0.5, 0.6) is 0 Å². The third-order valence-corrected chi connectivity index (χ3v) is 15.3. The fourth-order valence-electron chi connectivity index (χ4n) is 12.4. The molecule has 71 heavy (non-hydrogen) atoms. The van der Waals surface area contributed by atoms with Gasteiger partial charge in [0.15, 0.2) is 0 Å². The zero-order chi connectivity index (χ0) is 46.8. The van der Waals surface area contributed by atoms with Crippen LogP contribution in [-0.4, -0.2) is 19.1 Å². The van der Waals surface area contributed by atoms with Gasteiger partial charge in [0.1, 0.15) is 6.07 Å². The number of hydrogen-bond donors (Lipinski definition) is 0. The van der Waals surface area contributed by atoms with Crippen molar-refractivity contribution in [2.75, 3.05) is 0 Å². The van der Waals surface area contributed by atoms with Gasteiger partial charge in [-0.05, 0) is 122 Å². The molecule has 0 aliphatic heterocycles. The second kappa shape index (κ2) is 14.9. The van der Waals surface area contributed by atoms with Crippen molar-refractivity contribution in [3.8, 4) is 73.3 Å². The smallest absolute Gasteiger partial charge is 0.101 e. The average Bonchev–Trinajstić information content (AvgIpc) is 4.15. The van der Waals surface area contributed by atoms with E-state index in [1.165, 1.54) is 22.3 Å². The summed E-state index contributed by atoms with van der Waals surface area (Å²) in [5.41, 5.74) is 21.2. The molecule has 4 aromatic heterocycles. The molecule has 0 saturated heterocycles. The first-order valence-electron chi connectivity index (χ1n) is 24.1. The molecule has 0 atom stereocenters. The zero-order valence-corrected chi connectivity index (χ0v) is 38.3. The quantitative estimate of drug-likeness (QED) is 0.173. The molecule has 328 valence electrons. The van der Waals surface area contributed by atoms with E-state index in [1.807, 2.05) is 12.4 Å². The number of rotatable bonds is 5. The summed E-state index contributed by atoms with van der Waals surface area (Å²) in [6.45, 7) is 0. The van der Waals surface area contributed by atoms with Gasteiger partial charge in [0, 0.05) is 39.5 Å². The van der Waals surface area contributed by atoms with Crippen LogP contribution in [-0.2, 0) is 5.41 Å². The summed E-state index contributed by atoms with van der Waals surface area (Å²) in [6.07, 6.45) is 3.77. The second-order valence-corrected chi connectivity index (χ2v) is 18.7. The molecule has 5 heteroatoms. The van der Waals surface area contributed by atoms with E-state index in [1.54, 1.807) is 0 Å². The highest BCUT2D eigenvalue weighted by Gasteiger charge is 2.54. The molecule has 2 aliphatic carbocycles. The highest BCUT2D eigenvalue weighted by Crippen LogP contribution is 2.64. The predicted octanol–water partition coefficient (Wildman–Crippen LogP) is 15.9. The van der Waals surface area contributed by atoms with Crippen molar-refractivity contribution in [2.45, 2.75) is 5.41 Å². The van der Waals surface area contributed by atoms with E-state index in [9.17, 15) is 5.26 Å². The Hall–Kier alpha value is -9.63. The molecular formula is C66H39N5. The van der Waals surface area contributed by atoms with E-state index < -0.39 is 5.41 Å². The summed E-state index contributed by atoms with van der Waals surface area (Å²) in [6, 6.07) is 83.4. The van der Waals surface area contributed by atoms with Gasteiger partial charge in [-0.3, -0.25) is 9.97 Å². The zero-order valence-electron chi connectivity index (χ0n) is 38.3. The van der Waals surface area contributed by atoms with Crippen LogP contribution in [0.4, 0.5) is 0 Å². The molecule has 0 bridgehead atoms. The molecule has 4 heterocycles. The summed E-state index contributed by atoms with van der Waals surface area (Å²) in [5.74, 6) is 0. The Kier molecular flexibility index (Phi) is 8.28. The van der Waals surface area contributed by atoms with Crippen molar-refractivity contribution >= 4 is 43.6 Å². The summed E-state index contributed by atoms with van der Waals surface area (Å²) in [4.78, 5) is 10.1. The summed E-state index contributed by atoms with van der Waals surface area (Å²) in [7, 11) is 0. The molecule has 15 rings (SSSR count). The van der Waals surface area contributed by atoms with Gasteiger partial charge in [-0.15, -0.1) is 0 Å². The monoisotopic (exact) mass is 901 g/mol. The number of nitriles is 1. The number of hydrogen-bond acceptors (Lipinski definition) is 3. The minimum Gasteiger partial charge on any atom is -0.309 e. The average molecular weight is 902 g/mol. The van der Waals surface area contributed by atoms with Gasteiger partial charge in [0.05, 0.1) is 55.8 Å². The van der Waals surface area contributed by atoms with Crippen molar-refractivity contribution in [3.05, 3.63) is 265 Å². The Bertz CT molecular complexity index is 4350. The summed E-state index contributed by atoms with van der Waals surface area (Å²) in [5, 5.41) is 16.1. The molecule has 0 amide bonds. The lowest BCUT2D eigenvalue weighted by atomic mass is 9.69. The lowest BCUT2D eigenvalue weighted by molar-refractivity contribution is 0.791. The van der Waals surface area contributed by atoms with Crippen molar-refractivity contribution in [1.29, 1.82) is 5.26 Å². The van der Waals surface area contributed by atoms with Gasteiger partial charge < -0.3 is 9.13 Å². The summed E-state index contributed by atoms with van der Waals surface area (Å²) < 4.78 is 4.70. The first kappa shape index (κ1) is 39.4. The van der Waals surface area contributed by atoms with Crippen molar-refractivity contribution in [3.63, 3.8) is 0 Å². The Balaban J connectivity index is 1.09. The third kappa shape index (κ3) is 5.39. The Morgan fingerprint density at radius 2 is 0.831 bits per heavy atom. The van der Waals surface area contributed by atoms with Crippen molar-refractivity contribution in [2.24, 2.45) is 0 Å². The van der Waals surface area contributed by atoms with Gasteiger partial charge in [0.2, 0.25) is 0 Å². The maximum Gasteiger partial charge on any atom is 0.101 e. The molecule has 0 fully saturated rings. The molecule has 0 saturated carbocycles. The van der Waals surface area contributed by atoms with E-state index in [0.29, 0.717) is 5.56 Å². The maximum absolute atomic E-state index is 11.6. The number of pyridine rings is 2. The SMILES string of the molecule is N#Cc1cc(-n2c3ccccc3c3cc(-c4ccccc4)ccc32)c(-c2cccc3c2C2(c4ccccc4-3)c3cccnc3-c3ncccc32)cc1-n1c2ccccc2c2cc(-c3ccccc3)ccc21. The fraction of sp³-hybridized carbons (Fsp3) is 0.0152. The molecule has 2 aliphatic rings. The third-order valence-electron chi connectivity index (χ3n) is 15.3. The lowest BCUT2D eigenvalue weighted by Crippen LogP contribution is -2.27. The molecule has 0 radical (unpaired) electrons. The van der Waals surface area contributed by atoms with Crippen LogP contribution in [0.1, 0.15) is 27.8 Å². The van der Waals surface area contributed by atoms with Crippen LogP contribution in [0.2, 0.25) is 0 Å². The number of aromatic nitrogens is 4. The number of para-hydroxylation sites is 2. The Labute approximate surface area is 409 Å². The van der Waals surface area contributed by atoms with E-state index in [0.717, 1.165) is 111 Å².